The van der Waals surface area contributed by atoms with E-state index in [1.54, 1.807) is 0 Å². The molecule has 0 aromatic heterocycles. The molecule has 0 aliphatic heterocycles. The van der Waals surface area contributed by atoms with E-state index in [0.29, 0.717) is 17.5 Å². The first-order valence-electron chi connectivity index (χ1n) is 7.88. The van der Waals surface area contributed by atoms with Crippen LogP contribution in [0.25, 0.3) is 0 Å². The molecule has 0 saturated heterocycles. The highest BCUT2D eigenvalue weighted by atomic mass is 35.5. The van der Waals surface area contributed by atoms with Crippen molar-refractivity contribution >= 4 is 23.5 Å². The first kappa shape index (κ1) is 17.6. The lowest BCUT2D eigenvalue weighted by molar-refractivity contribution is 0.0512. The SMILES string of the molecule is CC(C)(C)OC(=O)NNC(Cc1ccc(Cl)cc1)=NC1CCC1. The summed E-state index contributed by atoms with van der Waals surface area (Å²) in [4.78, 5) is 16.4. The third-order valence-corrected chi connectivity index (χ3v) is 3.66. The molecule has 1 aliphatic rings. The quantitative estimate of drug-likeness (QED) is 0.500. The van der Waals surface area contributed by atoms with Crippen molar-refractivity contribution in [2.24, 2.45) is 4.99 Å². The zero-order valence-electron chi connectivity index (χ0n) is 13.9. The van der Waals surface area contributed by atoms with Gasteiger partial charge >= 0.3 is 6.09 Å². The molecule has 2 N–H and O–H groups in total. The van der Waals surface area contributed by atoms with Crippen molar-refractivity contribution in [3.8, 4) is 0 Å². The van der Waals surface area contributed by atoms with Gasteiger partial charge in [-0.2, -0.15) is 0 Å². The molecule has 1 saturated carbocycles. The van der Waals surface area contributed by atoms with Gasteiger partial charge in [0.1, 0.15) is 11.4 Å². The Morgan fingerprint density at radius 1 is 1.26 bits per heavy atom. The Hall–Kier alpha value is -1.75. The van der Waals surface area contributed by atoms with Crippen molar-refractivity contribution in [2.45, 2.75) is 58.1 Å². The highest BCUT2D eigenvalue weighted by Gasteiger charge is 2.19. The van der Waals surface area contributed by atoms with Gasteiger partial charge in [-0.1, -0.05) is 23.7 Å². The molecule has 0 heterocycles. The van der Waals surface area contributed by atoms with Crippen molar-refractivity contribution in [3.63, 3.8) is 0 Å². The Labute approximate surface area is 142 Å². The maximum atomic E-state index is 11.8. The Morgan fingerprint density at radius 3 is 2.43 bits per heavy atom. The normalized spacial score (nSPS) is 15.7. The van der Waals surface area contributed by atoms with Crippen LogP contribution >= 0.6 is 11.6 Å². The summed E-state index contributed by atoms with van der Waals surface area (Å²) >= 11 is 5.91. The van der Waals surface area contributed by atoms with Gasteiger partial charge in [-0.3, -0.25) is 10.4 Å². The predicted octanol–water partition coefficient (Wildman–Crippen LogP) is 3.86. The number of hydrazine groups is 1. The molecular weight excluding hydrogens is 314 g/mol. The molecule has 6 heteroatoms. The number of hydrogen-bond donors (Lipinski definition) is 2. The molecular formula is C17H24ClN3O2. The molecule has 0 unspecified atom stereocenters. The van der Waals surface area contributed by atoms with Gasteiger partial charge in [0, 0.05) is 11.4 Å². The zero-order chi connectivity index (χ0) is 16.9. The third kappa shape index (κ3) is 6.48. The van der Waals surface area contributed by atoms with Crippen molar-refractivity contribution in [1.29, 1.82) is 0 Å². The molecule has 1 aromatic rings. The van der Waals surface area contributed by atoms with Crippen LogP contribution in [0.5, 0.6) is 0 Å². The van der Waals surface area contributed by atoms with Crippen LogP contribution in [0, 0.1) is 0 Å². The number of hydrogen-bond acceptors (Lipinski definition) is 3. The van der Waals surface area contributed by atoms with Crippen molar-refractivity contribution in [1.82, 2.24) is 10.9 Å². The maximum absolute atomic E-state index is 11.8. The van der Waals surface area contributed by atoms with Crippen molar-refractivity contribution < 1.29 is 9.53 Å². The number of carbonyl (C=O) groups is 1. The second-order valence-electron chi connectivity index (χ2n) is 6.72. The number of nitrogens with one attached hydrogen (secondary N) is 2. The number of amides is 1. The van der Waals surface area contributed by atoms with Crippen LogP contribution < -0.4 is 10.9 Å². The van der Waals surface area contributed by atoms with Gasteiger partial charge in [0.25, 0.3) is 0 Å². The number of rotatable bonds is 3. The number of ether oxygens (including phenoxy) is 1. The average molecular weight is 338 g/mol. The Morgan fingerprint density at radius 2 is 1.91 bits per heavy atom. The molecule has 126 valence electrons. The van der Waals surface area contributed by atoms with Crippen LogP contribution in [0.1, 0.15) is 45.6 Å². The number of benzene rings is 1. The highest BCUT2D eigenvalue weighted by molar-refractivity contribution is 6.30. The van der Waals surface area contributed by atoms with E-state index in [2.05, 4.69) is 15.8 Å². The molecule has 0 radical (unpaired) electrons. The summed E-state index contributed by atoms with van der Waals surface area (Å²) in [7, 11) is 0. The number of amidine groups is 1. The number of halogens is 1. The highest BCUT2D eigenvalue weighted by Crippen LogP contribution is 2.22. The van der Waals surface area contributed by atoms with E-state index < -0.39 is 11.7 Å². The van der Waals surface area contributed by atoms with E-state index in [-0.39, 0.29) is 0 Å². The van der Waals surface area contributed by atoms with Gasteiger partial charge in [-0.15, -0.1) is 0 Å². The number of carbonyl (C=O) groups excluding carboxylic acids is 1. The average Bonchev–Trinajstić information content (AvgIpc) is 2.40. The minimum absolute atomic E-state index is 0.338. The van der Waals surface area contributed by atoms with E-state index in [1.165, 1.54) is 6.42 Å². The first-order chi connectivity index (χ1) is 10.8. The topological polar surface area (TPSA) is 62.7 Å². The van der Waals surface area contributed by atoms with Crippen molar-refractivity contribution in [2.75, 3.05) is 0 Å². The monoisotopic (exact) mass is 337 g/mol. The Kier molecular flexibility index (Phi) is 5.88. The number of nitrogens with zero attached hydrogens (tertiary/aromatic N) is 1. The standard InChI is InChI=1S/C17H24ClN3O2/c1-17(2,3)23-16(22)21-20-15(19-14-5-4-6-14)11-12-7-9-13(18)10-8-12/h7-10,14H,4-6,11H2,1-3H3,(H,19,20)(H,21,22). The predicted molar refractivity (Wildman–Crippen MR) is 92.7 cm³/mol. The summed E-state index contributed by atoms with van der Waals surface area (Å²) in [6, 6.07) is 7.94. The van der Waals surface area contributed by atoms with E-state index in [4.69, 9.17) is 16.3 Å². The maximum Gasteiger partial charge on any atom is 0.426 e. The molecule has 5 nitrogen and oxygen atoms in total. The fourth-order valence-corrected chi connectivity index (χ4v) is 2.21. The third-order valence-electron chi connectivity index (χ3n) is 3.41. The minimum atomic E-state index is -0.535. The minimum Gasteiger partial charge on any atom is -0.443 e. The lowest BCUT2D eigenvalue weighted by atomic mass is 9.94. The summed E-state index contributed by atoms with van der Waals surface area (Å²) in [5, 5.41) is 0.700. The molecule has 0 spiro atoms. The smallest absolute Gasteiger partial charge is 0.426 e. The molecule has 1 amide bonds. The van der Waals surface area contributed by atoms with E-state index in [0.717, 1.165) is 24.2 Å². The van der Waals surface area contributed by atoms with Crippen LogP contribution in [0.15, 0.2) is 29.3 Å². The molecule has 1 aliphatic carbocycles. The van der Waals surface area contributed by atoms with Gasteiger partial charge in [0.05, 0.1) is 6.04 Å². The van der Waals surface area contributed by atoms with E-state index in [9.17, 15) is 4.79 Å². The lowest BCUT2D eigenvalue weighted by Gasteiger charge is -2.24. The van der Waals surface area contributed by atoms with Crippen molar-refractivity contribution in [3.05, 3.63) is 34.9 Å². The second-order valence-corrected chi connectivity index (χ2v) is 7.15. The summed E-state index contributed by atoms with van der Waals surface area (Å²) < 4.78 is 5.21. The van der Waals surface area contributed by atoms with Crippen LogP contribution in [-0.2, 0) is 11.2 Å². The van der Waals surface area contributed by atoms with Gasteiger partial charge in [-0.05, 0) is 57.7 Å². The molecule has 1 fully saturated rings. The molecule has 2 rings (SSSR count). The van der Waals surface area contributed by atoms with Crippen LogP contribution in [0.4, 0.5) is 4.79 Å². The van der Waals surface area contributed by atoms with Crippen LogP contribution in [-0.4, -0.2) is 23.6 Å². The Balaban J connectivity index is 1.96. The van der Waals surface area contributed by atoms with Gasteiger partial charge < -0.3 is 4.74 Å². The molecule has 23 heavy (non-hydrogen) atoms. The van der Waals surface area contributed by atoms with Gasteiger partial charge in [-0.25, -0.2) is 10.2 Å². The summed E-state index contributed by atoms with van der Waals surface area (Å²) in [5.74, 6) is 0.725. The summed E-state index contributed by atoms with van der Waals surface area (Å²) in [6.45, 7) is 5.47. The van der Waals surface area contributed by atoms with Crippen LogP contribution in [0.3, 0.4) is 0 Å². The van der Waals surface area contributed by atoms with Gasteiger partial charge in [0.2, 0.25) is 0 Å². The first-order valence-corrected chi connectivity index (χ1v) is 8.26. The summed E-state index contributed by atoms with van der Waals surface area (Å²) in [5.41, 5.74) is 5.99. The molecule has 0 bridgehead atoms. The summed E-state index contributed by atoms with van der Waals surface area (Å²) in [6.07, 6.45) is 3.48. The zero-order valence-corrected chi connectivity index (χ0v) is 14.6. The number of aliphatic imine (C=N–C) groups is 1. The van der Waals surface area contributed by atoms with Crippen LogP contribution in [0.2, 0.25) is 5.02 Å². The fourth-order valence-electron chi connectivity index (χ4n) is 2.08. The molecule has 1 aromatic carbocycles. The fraction of sp³-hybridized carbons (Fsp3) is 0.529. The van der Waals surface area contributed by atoms with E-state index in [1.807, 2.05) is 45.0 Å². The molecule has 0 atom stereocenters. The Bertz CT molecular complexity index is 560. The largest absolute Gasteiger partial charge is 0.443 e. The van der Waals surface area contributed by atoms with Gasteiger partial charge in [0.15, 0.2) is 0 Å². The van der Waals surface area contributed by atoms with E-state index >= 15 is 0 Å². The lowest BCUT2D eigenvalue weighted by Crippen LogP contribution is -2.45. The second kappa shape index (κ2) is 7.68.